The molecule has 0 saturated carbocycles. The lowest BCUT2D eigenvalue weighted by Gasteiger charge is -2.23. The fourth-order valence-electron chi connectivity index (χ4n) is 2.03. The van der Waals surface area contributed by atoms with Crippen LogP contribution in [0.3, 0.4) is 0 Å². The summed E-state index contributed by atoms with van der Waals surface area (Å²) in [5.74, 6) is 0.645. The highest BCUT2D eigenvalue weighted by molar-refractivity contribution is 7.89. The van der Waals surface area contributed by atoms with E-state index in [1.54, 1.807) is 4.90 Å². The van der Waals surface area contributed by atoms with Crippen molar-refractivity contribution in [2.75, 3.05) is 26.7 Å². The highest BCUT2D eigenvalue weighted by Gasteiger charge is 2.17. The molecule has 8 heteroatoms. The molecule has 0 aliphatic rings. The number of methoxy groups -OCH3 is 1. The molecule has 0 aliphatic carbocycles. The van der Waals surface area contributed by atoms with E-state index in [-0.39, 0.29) is 22.4 Å². The van der Waals surface area contributed by atoms with Crippen LogP contribution in [0.15, 0.2) is 23.1 Å². The maximum absolute atomic E-state index is 12.2. The number of rotatable bonds is 8. The van der Waals surface area contributed by atoms with E-state index in [4.69, 9.17) is 16.3 Å². The zero-order valence-corrected chi connectivity index (χ0v) is 15.4. The lowest BCUT2D eigenvalue weighted by atomic mass is 10.2. The summed E-state index contributed by atoms with van der Waals surface area (Å²) in [5.41, 5.74) is 0. The summed E-state index contributed by atoms with van der Waals surface area (Å²) >= 11 is 5.95. The topological polar surface area (TPSA) is 75.7 Å². The molecule has 0 fully saturated rings. The molecule has 0 heterocycles. The number of amides is 1. The second kappa shape index (κ2) is 8.52. The molecule has 1 aromatic rings. The first-order valence-electron chi connectivity index (χ1n) is 7.26. The molecular weight excluding hydrogens is 340 g/mol. The Morgan fingerprint density at radius 3 is 2.52 bits per heavy atom. The van der Waals surface area contributed by atoms with Gasteiger partial charge in [0.1, 0.15) is 5.75 Å². The Labute approximate surface area is 142 Å². The predicted octanol–water partition coefficient (Wildman–Crippen LogP) is 2.13. The van der Waals surface area contributed by atoms with Gasteiger partial charge in [0, 0.05) is 26.6 Å². The zero-order valence-electron chi connectivity index (χ0n) is 13.8. The van der Waals surface area contributed by atoms with Gasteiger partial charge in [0.05, 0.1) is 17.0 Å². The lowest BCUT2D eigenvalue weighted by molar-refractivity contribution is -0.129. The van der Waals surface area contributed by atoms with Crippen molar-refractivity contribution in [1.82, 2.24) is 9.62 Å². The summed E-state index contributed by atoms with van der Waals surface area (Å²) in [7, 11) is -2.23. The average molecular weight is 363 g/mol. The van der Waals surface area contributed by atoms with E-state index in [1.165, 1.54) is 32.2 Å². The maximum Gasteiger partial charge on any atom is 0.240 e. The number of nitrogens with zero attached hydrogens (tertiary/aromatic N) is 1. The summed E-state index contributed by atoms with van der Waals surface area (Å²) in [4.78, 5) is 13.2. The quantitative estimate of drug-likeness (QED) is 0.768. The van der Waals surface area contributed by atoms with E-state index in [1.807, 2.05) is 13.8 Å². The minimum Gasteiger partial charge on any atom is -0.495 e. The first-order valence-corrected chi connectivity index (χ1v) is 9.12. The molecule has 0 unspecified atom stereocenters. The van der Waals surface area contributed by atoms with Crippen molar-refractivity contribution < 1.29 is 17.9 Å². The molecule has 130 valence electrons. The largest absolute Gasteiger partial charge is 0.495 e. The van der Waals surface area contributed by atoms with Crippen molar-refractivity contribution in [3.05, 3.63) is 23.2 Å². The van der Waals surface area contributed by atoms with Crippen LogP contribution < -0.4 is 9.46 Å². The number of sulfonamides is 1. The van der Waals surface area contributed by atoms with Gasteiger partial charge in [-0.1, -0.05) is 25.4 Å². The summed E-state index contributed by atoms with van der Waals surface area (Å²) in [5, 5.41) is 0.223. The first kappa shape index (κ1) is 19.7. The van der Waals surface area contributed by atoms with E-state index < -0.39 is 10.0 Å². The Morgan fingerprint density at radius 2 is 2.04 bits per heavy atom. The molecule has 6 nitrogen and oxygen atoms in total. The SMILES string of the molecule is COc1ccc(S(=O)(=O)NCCN(CC(C)C)C(C)=O)cc1Cl. The summed E-state index contributed by atoms with van der Waals surface area (Å²) in [6.45, 7) is 6.51. The molecule has 0 radical (unpaired) electrons. The van der Waals surface area contributed by atoms with Crippen molar-refractivity contribution in [3.8, 4) is 5.75 Å². The molecule has 23 heavy (non-hydrogen) atoms. The standard InChI is InChI=1S/C15H23ClN2O4S/c1-11(2)10-18(12(3)19)8-7-17-23(20,21)13-5-6-15(22-4)14(16)9-13/h5-6,9,11,17H,7-8,10H2,1-4H3. The van der Waals surface area contributed by atoms with Crippen LogP contribution in [-0.4, -0.2) is 46.0 Å². The highest BCUT2D eigenvalue weighted by atomic mass is 35.5. The van der Waals surface area contributed by atoms with Crippen LogP contribution in [0, 0.1) is 5.92 Å². The van der Waals surface area contributed by atoms with Crippen LogP contribution in [0.25, 0.3) is 0 Å². The third-order valence-corrected chi connectivity index (χ3v) is 4.89. The first-order chi connectivity index (χ1) is 10.7. The third kappa shape index (κ3) is 6.01. The minimum atomic E-state index is -3.69. The number of nitrogens with one attached hydrogen (secondary N) is 1. The van der Waals surface area contributed by atoms with Crippen molar-refractivity contribution in [1.29, 1.82) is 0 Å². The second-order valence-electron chi connectivity index (χ2n) is 5.55. The van der Waals surface area contributed by atoms with Gasteiger partial charge in [-0.3, -0.25) is 4.79 Å². The normalized spacial score (nSPS) is 11.6. The third-order valence-electron chi connectivity index (χ3n) is 3.14. The number of benzene rings is 1. The van der Waals surface area contributed by atoms with Gasteiger partial charge in [-0.2, -0.15) is 0 Å². The molecule has 1 N–H and O–H groups in total. The van der Waals surface area contributed by atoms with Gasteiger partial charge in [0.2, 0.25) is 15.9 Å². The van der Waals surface area contributed by atoms with E-state index in [0.717, 1.165) is 0 Å². The Balaban J connectivity index is 2.72. The van der Waals surface area contributed by atoms with Gasteiger partial charge in [-0.25, -0.2) is 13.1 Å². The Morgan fingerprint density at radius 1 is 1.39 bits per heavy atom. The van der Waals surface area contributed by atoms with E-state index in [2.05, 4.69) is 4.72 Å². The number of ether oxygens (including phenoxy) is 1. The van der Waals surface area contributed by atoms with Crippen molar-refractivity contribution in [2.24, 2.45) is 5.92 Å². The van der Waals surface area contributed by atoms with Gasteiger partial charge in [0.25, 0.3) is 0 Å². The molecule has 0 spiro atoms. The van der Waals surface area contributed by atoms with E-state index in [0.29, 0.717) is 24.8 Å². The van der Waals surface area contributed by atoms with Gasteiger partial charge in [-0.15, -0.1) is 0 Å². The summed E-state index contributed by atoms with van der Waals surface area (Å²) < 4.78 is 32.0. The van der Waals surface area contributed by atoms with Crippen LogP contribution in [0.4, 0.5) is 0 Å². The lowest BCUT2D eigenvalue weighted by Crippen LogP contribution is -2.39. The number of hydrogen-bond donors (Lipinski definition) is 1. The van der Waals surface area contributed by atoms with E-state index >= 15 is 0 Å². The van der Waals surface area contributed by atoms with Crippen LogP contribution in [0.2, 0.25) is 5.02 Å². The van der Waals surface area contributed by atoms with Crippen LogP contribution in [0.1, 0.15) is 20.8 Å². The molecule has 0 aromatic heterocycles. The number of halogens is 1. The van der Waals surface area contributed by atoms with Gasteiger partial charge in [-0.05, 0) is 24.1 Å². The highest BCUT2D eigenvalue weighted by Crippen LogP contribution is 2.26. The zero-order chi connectivity index (χ0) is 17.6. The molecule has 1 rings (SSSR count). The van der Waals surface area contributed by atoms with Crippen LogP contribution in [-0.2, 0) is 14.8 Å². The molecule has 1 amide bonds. The Kier molecular flexibility index (Phi) is 7.31. The van der Waals surface area contributed by atoms with E-state index in [9.17, 15) is 13.2 Å². The second-order valence-corrected chi connectivity index (χ2v) is 7.73. The van der Waals surface area contributed by atoms with Gasteiger partial charge >= 0.3 is 0 Å². The maximum atomic E-state index is 12.2. The molecule has 1 aromatic carbocycles. The Bertz CT molecular complexity index is 647. The van der Waals surface area contributed by atoms with Gasteiger partial charge < -0.3 is 9.64 Å². The Hall–Kier alpha value is -1.31. The van der Waals surface area contributed by atoms with Crippen molar-refractivity contribution >= 4 is 27.5 Å². The fourth-order valence-corrected chi connectivity index (χ4v) is 3.40. The van der Waals surface area contributed by atoms with Gasteiger partial charge in [0.15, 0.2) is 0 Å². The smallest absolute Gasteiger partial charge is 0.240 e. The van der Waals surface area contributed by atoms with Crippen molar-refractivity contribution in [2.45, 2.75) is 25.7 Å². The molecular formula is C15H23ClN2O4S. The fraction of sp³-hybridized carbons (Fsp3) is 0.533. The number of carbonyl (C=O) groups is 1. The molecule has 0 aliphatic heterocycles. The number of hydrogen-bond acceptors (Lipinski definition) is 4. The summed E-state index contributed by atoms with van der Waals surface area (Å²) in [6.07, 6.45) is 0. The average Bonchev–Trinajstić information content (AvgIpc) is 2.45. The molecule has 0 atom stereocenters. The van der Waals surface area contributed by atoms with Crippen LogP contribution in [0.5, 0.6) is 5.75 Å². The monoisotopic (exact) mass is 362 g/mol. The minimum absolute atomic E-state index is 0.0570. The summed E-state index contributed by atoms with van der Waals surface area (Å²) in [6, 6.07) is 4.25. The predicted molar refractivity (Wildman–Crippen MR) is 90.3 cm³/mol. The number of carbonyl (C=O) groups excluding carboxylic acids is 1. The van der Waals surface area contributed by atoms with Crippen molar-refractivity contribution in [3.63, 3.8) is 0 Å². The molecule has 0 bridgehead atoms. The van der Waals surface area contributed by atoms with Crippen LogP contribution >= 0.6 is 11.6 Å². The molecule has 0 saturated heterocycles.